The maximum absolute atomic E-state index is 12.5. The van der Waals surface area contributed by atoms with Crippen molar-refractivity contribution in [1.29, 1.82) is 0 Å². The number of likely N-dealkylation sites (tertiary alicyclic amines) is 1. The number of benzene rings is 1. The van der Waals surface area contributed by atoms with Gasteiger partial charge >= 0.3 is 0 Å². The van der Waals surface area contributed by atoms with E-state index in [0.717, 1.165) is 16.4 Å². The number of carbonyl (C=O) groups excluding carboxylic acids is 2. The topological polar surface area (TPSA) is 59.1 Å². The molecule has 0 aromatic heterocycles. The van der Waals surface area contributed by atoms with E-state index in [0.29, 0.717) is 45.1 Å². The van der Waals surface area contributed by atoms with Gasteiger partial charge in [0.05, 0.1) is 13.2 Å². The highest BCUT2D eigenvalue weighted by molar-refractivity contribution is 14.1. The van der Waals surface area contributed by atoms with Gasteiger partial charge in [-0.25, -0.2) is 0 Å². The zero-order valence-corrected chi connectivity index (χ0v) is 16.3. The van der Waals surface area contributed by atoms with E-state index in [4.69, 9.17) is 9.47 Å². The zero-order valence-electron chi connectivity index (χ0n) is 14.2. The van der Waals surface area contributed by atoms with Gasteiger partial charge in [-0.05, 0) is 59.7 Å². The van der Waals surface area contributed by atoms with Gasteiger partial charge in [0, 0.05) is 35.7 Å². The van der Waals surface area contributed by atoms with Crippen molar-refractivity contribution in [2.24, 2.45) is 5.92 Å². The van der Waals surface area contributed by atoms with Gasteiger partial charge < -0.3 is 19.3 Å². The highest BCUT2D eigenvalue weighted by Crippen LogP contribution is 2.21. The number of rotatable bonds is 4. The maximum Gasteiger partial charge on any atom is 0.260 e. The number of carbonyl (C=O) groups is 2. The summed E-state index contributed by atoms with van der Waals surface area (Å²) in [6.07, 6.45) is 1.46. The fourth-order valence-electron chi connectivity index (χ4n) is 3.18. The standard InChI is InChI=1S/C18H23IN2O4/c19-15-1-3-16(4-2-15)25-13-17(22)20-7-5-14(6-8-20)18(23)21-9-11-24-12-10-21/h1-4,14H,5-13H2. The third-order valence-corrected chi connectivity index (χ3v) is 5.41. The number of nitrogens with zero attached hydrogens (tertiary/aromatic N) is 2. The fraction of sp³-hybridized carbons (Fsp3) is 0.556. The number of hydrogen-bond donors (Lipinski definition) is 0. The summed E-state index contributed by atoms with van der Waals surface area (Å²) in [5, 5.41) is 0. The van der Waals surface area contributed by atoms with Crippen molar-refractivity contribution in [3.8, 4) is 5.75 Å². The number of hydrogen-bond acceptors (Lipinski definition) is 4. The summed E-state index contributed by atoms with van der Waals surface area (Å²) in [4.78, 5) is 28.5. The van der Waals surface area contributed by atoms with Crippen LogP contribution in [-0.4, -0.2) is 67.6 Å². The Labute approximate surface area is 161 Å². The molecule has 25 heavy (non-hydrogen) atoms. The molecule has 2 aliphatic rings. The second-order valence-corrected chi connectivity index (χ2v) is 7.58. The molecule has 2 fully saturated rings. The molecule has 2 saturated heterocycles. The van der Waals surface area contributed by atoms with Crippen LogP contribution in [0.5, 0.6) is 5.75 Å². The summed E-state index contributed by atoms with van der Waals surface area (Å²) in [5.41, 5.74) is 0. The van der Waals surface area contributed by atoms with Crippen molar-refractivity contribution in [1.82, 2.24) is 9.80 Å². The van der Waals surface area contributed by atoms with Gasteiger partial charge in [0.15, 0.2) is 6.61 Å². The highest BCUT2D eigenvalue weighted by Gasteiger charge is 2.30. The van der Waals surface area contributed by atoms with Crippen LogP contribution in [0.4, 0.5) is 0 Å². The van der Waals surface area contributed by atoms with Crippen LogP contribution in [0, 0.1) is 9.49 Å². The molecule has 3 rings (SSSR count). The first-order valence-corrected chi connectivity index (χ1v) is 9.74. The number of amides is 2. The molecule has 0 spiro atoms. The van der Waals surface area contributed by atoms with Crippen LogP contribution in [-0.2, 0) is 14.3 Å². The van der Waals surface area contributed by atoms with Crippen LogP contribution in [0.1, 0.15) is 12.8 Å². The number of halogens is 1. The van der Waals surface area contributed by atoms with E-state index >= 15 is 0 Å². The van der Waals surface area contributed by atoms with Crippen molar-refractivity contribution >= 4 is 34.4 Å². The Kier molecular flexibility index (Phi) is 6.52. The molecule has 0 bridgehead atoms. The first-order chi connectivity index (χ1) is 12.1. The lowest BCUT2D eigenvalue weighted by atomic mass is 9.95. The lowest BCUT2D eigenvalue weighted by Gasteiger charge is -2.35. The maximum atomic E-state index is 12.5. The van der Waals surface area contributed by atoms with Crippen LogP contribution in [0.15, 0.2) is 24.3 Å². The van der Waals surface area contributed by atoms with Crippen LogP contribution < -0.4 is 4.74 Å². The average Bonchev–Trinajstić information content (AvgIpc) is 2.67. The molecule has 2 heterocycles. The molecule has 0 saturated carbocycles. The molecule has 1 aromatic carbocycles. The summed E-state index contributed by atoms with van der Waals surface area (Å²) < 4.78 is 12.0. The summed E-state index contributed by atoms with van der Waals surface area (Å²) in [6.45, 7) is 3.90. The van der Waals surface area contributed by atoms with Crippen LogP contribution in [0.2, 0.25) is 0 Å². The predicted octanol–water partition coefficient (Wildman–Crippen LogP) is 1.77. The molecule has 2 amide bonds. The van der Waals surface area contributed by atoms with E-state index in [-0.39, 0.29) is 24.3 Å². The van der Waals surface area contributed by atoms with Crippen LogP contribution in [0.3, 0.4) is 0 Å². The minimum atomic E-state index is -0.0178. The predicted molar refractivity (Wildman–Crippen MR) is 101 cm³/mol. The van der Waals surface area contributed by atoms with Gasteiger partial charge in [-0.1, -0.05) is 0 Å². The van der Waals surface area contributed by atoms with Gasteiger partial charge in [-0.2, -0.15) is 0 Å². The zero-order chi connectivity index (χ0) is 17.6. The summed E-state index contributed by atoms with van der Waals surface area (Å²) in [7, 11) is 0. The minimum Gasteiger partial charge on any atom is -0.484 e. The molecular weight excluding hydrogens is 435 g/mol. The Balaban J connectivity index is 1.42. The monoisotopic (exact) mass is 458 g/mol. The molecule has 0 radical (unpaired) electrons. The molecule has 7 heteroatoms. The smallest absolute Gasteiger partial charge is 0.260 e. The number of ether oxygens (including phenoxy) is 2. The summed E-state index contributed by atoms with van der Waals surface area (Å²) in [6, 6.07) is 7.62. The largest absolute Gasteiger partial charge is 0.484 e. The molecule has 136 valence electrons. The van der Waals surface area contributed by atoms with Gasteiger partial charge in [-0.3, -0.25) is 9.59 Å². The molecule has 0 atom stereocenters. The van der Waals surface area contributed by atoms with E-state index in [1.807, 2.05) is 29.2 Å². The second-order valence-electron chi connectivity index (χ2n) is 6.34. The Morgan fingerprint density at radius 2 is 1.68 bits per heavy atom. The van der Waals surface area contributed by atoms with E-state index < -0.39 is 0 Å². The van der Waals surface area contributed by atoms with E-state index in [1.54, 1.807) is 4.90 Å². The minimum absolute atomic E-state index is 0.0178. The Bertz CT molecular complexity index is 594. The lowest BCUT2D eigenvalue weighted by molar-refractivity contribution is -0.144. The van der Waals surface area contributed by atoms with Gasteiger partial charge in [-0.15, -0.1) is 0 Å². The van der Waals surface area contributed by atoms with E-state index in [2.05, 4.69) is 22.6 Å². The quantitative estimate of drug-likeness (QED) is 0.646. The Morgan fingerprint density at radius 3 is 2.32 bits per heavy atom. The molecule has 1 aromatic rings. The molecule has 6 nitrogen and oxygen atoms in total. The molecular formula is C18H23IN2O4. The molecule has 0 aliphatic carbocycles. The Hall–Kier alpha value is -1.35. The lowest BCUT2D eigenvalue weighted by Crippen LogP contribution is -2.48. The van der Waals surface area contributed by atoms with Crippen LogP contribution in [0.25, 0.3) is 0 Å². The fourth-order valence-corrected chi connectivity index (χ4v) is 3.54. The SMILES string of the molecule is O=C(COc1ccc(I)cc1)N1CCC(C(=O)N2CCOCC2)CC1. The van der Waals surface area contributed by atoms with Crippen molar-refractivity contribution in [3.63, 3.8) is 0 Å². The van der Waals surface area contributed by atoms with E-state index in [9.17, 15) is 9.59 Å². The summed E-state index contributed by atoms with van der Waals surface area (Å²) >= 11 is 2.23. The second kappa shape index (κ2) is 8.84. The first kappa shape index (κ1) is 18.4. The Morgan fingerprint density at radius 1 is 1.04 bits per heavy atom. The average molecular weight is 458 g/mol. The third-order valence-electron chi connectivity index (χ3n) is 4.70. The van der Waals surface area contributed by atoms with Gasteiger partial charge in [0.2, 0.25) is 5.91 Å². The normalized spacial score (nSPS) is 18.9. The van der Waals surface area contributed by atoms with Crippen molar-refractivity contribution in [3.05, 3.63) is 27.8 Å². The summed E-state index contributed by atoms with van der Waals surface area (Å²) in [5.74, 6) is 0.923. The number of morpholine rings is 1. The van der Waals surface area contributed by atoms with E-state index in [1.165, 1.54) is 0 Å². The van der Waals surface area contributed by atoms with Crippen molar-refractivity contribution in [2.75, 3.05) is 46.0 Å². The van der Waals surface area contributed by atoms with Crippen molar-refractivity contribution in [2.45, 2.75) is 12.8 Å². The third kappa shape index (κ3) is 5.07. The molecule has 0 N–H and O–H groups in total. The van der Waals surface area contributed by atoms with Crippen LogP contribution >= 0.6 is 22.6 Å². The van der Waals surface area contributed by atoms with Gasteiger partial charge in [0.25, 0.3) is 5.91 Å². The molecule has 2 aliphatic heterocycles. The van der Waals surface area contributed by atoms with Gasteiger partial charge in [0.1, 0.15) is 5.75 Å². The molecule has 0 unspecified atom stereocenters. The van der Waals surface area contributed by atoms with Crippen molar-refractivity contribution < 1.29 is 19.1 Å². The highest BCUT2D eigenvalue weighted by atomic mass is 127. The number of piperidine rings is 1. The first-order valence-electron chi connectivity index (χ1n) is 8.66.